The van der Waals surface area contributed by atoms with Crippen LogP contribution >= 0.6 is 0 Å². The van der Waals surface area contributed by atoms with Crippen molar-refractivity contribution < 1.29 is 23.9 Å². The first kappa shape index (κ1) is 16.0. The van der Waals surface area contributed by atoms with Crippen LogP contribution in [0, 0.1) is 0 Å². The Labute approximate surface area is 137 Å². The Morgan fingerprint density at radius 2 is 2.12 bits per heavy atom. The molecule has 2 N–H and O–H groups in total. The molecule has 10 nitrogen and oxygen atoms in total. The summed E-state index contributed by atoms with van der Waals surface area (Å²) in [4.78, 5) is 45.4. The van der Waals surface area contributed by atoms with Gasteiger partial charge in [-0.15, -0.1) is 0 Å². The van der Waals surface area contributed by atoms with Crippen LogP contribution in [0.4, 0.5) is 0 Å². The van der Waals surface area contributed by atoms with E-state index in [4.69, 9.17) is 9.47 Å². The van der Waals surface area contributed by atoms with Crippen molar-refractivity contribution in [2.24, 2.45) is 0 Å². The summed E-state index contributed by atoms with van der Waals surface area (Å²) in [5.74, 6) is -0.601. The summed E-state index contributed by atoms with van der Waals surface area (Å²) in [6.45, 7) is 0.290. The predicted octanol–water partition coefficient (Wildman–Crippen LogP) is -1.68. The van der Waals surface area contributed by atoms with Gasteiger partial charge in [-0.1, -0.05) is 0 Å². The van der Waals surface area contributed by atoms with Gasteiger partial charge in [0.1, 0.15) is 11.7 Å². The average Bonchev–Trinajstić information content (AvgIpc) is 3.02. The van der Waals surface area contributed by atoms with Gasteiger partial charge in [-0.3, -0.25) is 14.4 Å². The van der Waals surface area contributed by atoms with Crippen molar-refractivity contribution in [3.05, 3.63) is 11.8 Å². The number of rotatable bonds is 4. The van der Waals surface area contributed by atoms with Crippen LogP contribution in [0.5, 0.6) is 11.9 Å². The molecule has 24 heavy (non-hydrogen) atoms. The number of amides is 3. The second kappa shape index (κ2) is 6.30. The molecule has 1 aromatic rings. The maximum Gasteiger partial charge on any atom is 0.320 e. The van der Waals surface area contributed by atoms with Gasteiger partial charge in [0.25, 0.3) is 5.91 Å². The molecule has 0 unspecified atom stereocenters. The molecule has 0 saturated carbocycles. The molecule has 0 aliphatic carbocycles. The molecule has 3 amide bonds. The molecule has 2 aliphatic rings. The van der Waals surface area contributed by atoms with Gasteiger partial charge in [0.2, 0.25) is 17.7 Å². The summed E-state index contributed by atoms with van der Waals surface area (Å²) in [5.41, 5.74) is 0.0827. The van der Waals surface area contributed by atoms with Gasteiger partial charge in [0.15, 0.2) is 0 Å². The normalized spacial score (nSPS) is 22.7. The Bertz CT molecular complexity index is 648. The number of hydrogen-bond acceptors (Lipinski definition) is 7. The van der Waals surface area contributed by atoms with E-state index in [2.05, 4.69) is 20.6 Å². The molecule has 2 aliphatic heterocycles. The van der Waals surface area contributed by atoms with Gasteiger partial charge >= 0.3 is 6.01 Å². The van der Waals surface area contributed by atoms with Crippen LogP contribution in [0.1, 0.15) is 16.9 Å². The van der Waals surface area contributed by atoms with Crippen LogP contribution in [0.15, 0.2) is 6.07 Å². The van der Waals surface area contributed by atoms with Crippen molar-refractivity contribution in [2.75, 3.05) is 27.3 Å². The number of carbonyl (C=O) groups excluding carboxylic acids is 3. The number of nitrogens with zero attached hydrogens (tertiary/aromatic N) is 3. The van der Waals surface area contributed by atoms with Gasteiger partial charge in [0, 0.05) is 18.7 Å². The van der Waals surface area contributed by atoms with Crippen LogP contribution in [-0.2, 0) is 9.59 Å². The standard InChI is InChI=1S/C14H17N5O5/c1-23-10-4-8(17-14(18-10)24-2)12(21)16-7-3-9-13(22)15-5-11(20)19(9)6-7/h4,7,9H,3,5-6H2,1-2H3,(H,15,22)(H,16,21)/t7-,9+/m1/s1. The fourth-order valence-corrected chi connectivity index (χ4v) is 2.82. The van der Waals surface area contributed by atoms with Gasteiger partial charge in [-0.2, -0.15) is 9.97 Å². The number of fused-ring (bicyclic) bond motifs is 1. The fraction of sp³-hybridized carbons (Fsp3) is 0.500. The zero-order valence-electron chi connectivity index (χ0n) is 13.2. The Morgan fingerprint density at radius 3 is 2.79 bits per heavy atom. The summed E-state index contributed by atoms with van der Waals surface area (Å²) in [7, 11) is 2.80. The predicted molar refractivity (Wildman–Crippen MR) is 79.5 cm³/mol. The number of piperazine rings is 1. The van der Waals surface area contributed by atoms with Gasteiger partial charge in [0.05, 0.1) is 20.8 Å². The fourth-order valence-electron chi connectivity index (χ4n) is 2.82. The quantitative estimate of drug-likeness (QED) is 0.674. The lowest BCUT2D eigenvalue weighted by Gasteiger charge is -2.28. The van der Waals surface area contributed by atoms with E-state index in [1.807, 2.05) is 0 Å². The number of carbonyl (C=O) groups is 3. The maximum absolute atomic E-state index is 12.4. The second-order valence-electron chi connectivity index (χ2n) is 5.47. The second-order valence-corrected chi connectivity index (χ2v) is 5.47. The van der Waals surface area contributed by atoms with E-state index in [1.54, 1.807) is 0 Å². The highest BCUT2D eigenvalue weighted by atomic mass is 16.5. The lowest BCUT2D eigenvalue weighted by Crippen LogP contribution is -2.55. The van der Waals surface area contributed by atoms with E-state index in [9.17, 15) is 14.4 Å². The zero-order chi connectivity index (χ0) is 17.3. The third-order valence-corrected chi connectivity index (χ3v) is 3.98. The molecule has 2 atom stereocenters. The summed E-state index contributed by atoms with van der Waals surface area (Å²) in [6, 6.07) is 0.532. The lowest BCUT2D eigenvalue weighted by molar-refractivity contribution is -0.143. The number of nitrogens with one attached hydrogen (secondary N) is 2. The molecule has 128 valence electrons. The smallest absolute Gasteiger partial charge is 0.320 e. The minimum atomic E-state index is -0.536. The van der Waals surface area contributed by atoms with E-state index >= 15 is 0 Å². The minimum absolute atomic E-state index is 0.00366. The van der Waals surface area contributed by atoms with Gasteiger partial charge < -0.3 is 25.0 Å². The van der Waals surface area contributed by atoms with E-state index < -0.39 is 11.9 Å². The third kappa shape index (κ3) is 2.94. The van der Waals surface area contributed by atoms with E-state index in [1.165, 1.54) is 25.2 Å². The molecule has 3 rings (SSSR count). The Morgan fingerprint density at radius 1 is 1.33 bits per heavy atom. The first-order valence-electron chi connectivity index (χ1n) is 7.37. The number of hydrogen-bond donors (Lipinski definition) is 2. The Hall–Kier alpha value is -2.91. The van der Waals surface area contributed by atoms with Crippen molar-refractivity contribution in [1.29, 1.82) is 0 Å². The summed E-state index contributed by atoms with van der Waals surface area (Å²) >= 11 is 0. The van der Waals surface area contributed by atoms with Crippen LogP contribution in [0.25, 0.3) is 0 Å². The van der Waals surface area contributed by atoms with E-state index in [-0.39, 0.29) is 42.0 Å². The SMILES string of the molecule is COc1cc(C(=O)N[C@@H]2C[C@H]3C(=O)NCC(=O)N3C2)nc(OC)n1. The topological polar surface area (TPSA) is 123 Å². The highest BCUT2D eigenvalue weighted by Crippen LogP contribution is 2.21. The van der Waals surface area contributed by atoms with Crippen molar-refractivity contribution >= 4 is 17.7 Å². The molecule has 2 saturated heterocycles. The van der Waals surface area contributed by atoms with Crippen LogP contribution in [0.3, 0.4) is 0 Å². The molecule has 10 heteroatoms. The monoisotopic (exact) mass is 335 g/mol. The Balaban J connectivity index is 1.72. The maximum atomic E-state index is 12.4. The molecule has 3 heterocycles. The highest BCUT2D eigenvalue weighted by Gasteiger charge is 2.42. The molecule has 0 bridgehead atoms. The highest BCUT2D eigenvalue weighted by molar-refractivity contribution is 5.96. The van der Waals surface area contributed by atoms with E-state index in [0.717, 1.165) is 0 Å². The average molecular weight is 335 g/mol. The van der Waals surface area contributed by atoms with Crippen molar-refractivity contribution in [1.82, 2.24) is 25.5 Å². The van der Waals surface area contributed by atoms with Gasteiger partial charge in [-0.25, -0.2) is 0 Å². The van der Waals surface area contributed by atoms with Crippen LogP contribution < -0.4 is 20.1 Å². The molecular formula is C14H17N5O5. The minimum Gasteiger partial charge on any atom is -0.481 e. The third-order valence-electron chi connectivity index (χ3n) is 3.98. The number of methoxy groups -OCH3 is 2. The molecule has 0 aromatic carbocycles. The lowest BCUT2D eigenvalue weighted by atomic mass is 10.1. The first-order chi connectivity index (χ1) is 11.5. The molecule has 2 fully saturated rings. The van der Waals surface area contributed by atoms with Crippen LogP contribution in [-0.4, -0.2) is 72.0 Å². The summed E-state index contributed by atoms with van der Waals surface area (Å²) < 4.78 is 9.94. The molecular weight excluding hydrogens is 318 g/mol. The number of ether oxygens (including phenoxy) is 2. The zero-order valence-corrected chi connectivity index (χ0v) is 13.2. The van der Waals surface area contributed by atoms with E-state index in [0.29, 0.717) is 13.0 Å². The molecule has 0 radical (unpaired) electrons. The first-order valence-corrected chi connectivity index (χ1v) is 7.37. The van der Waals surface area contributed by atoms with Gasteiger partial charge in [-0.05, 0) is 6.42 Å². The largest absolute Gasteiger partial charge is 0.481 e. The van der Waals surface area contributed by atoms with Crippen molar-refractivity contribution in [3.8, 4) is 11.9 Å². The number of aromatic nitrogens is 2. The molecule has 1 aromatic heterocycles. The summed E-state index contributed by atoms with van der Waals surface area (Å²) in [6.07, 6.45) is 0.364. The van der Waals surface area contributed by atoms with Crippen molar-refractivity contribution in [3.63, 3.8) is 0 Å². The van der Waals surface area contributed by atoms with Crippen molar-refractivity contribution in [2.45, 2.75) is 18.5 Å². The Kier molecular flexibility index (Phi) is 4.19. The molecule has 0 spiro atoms. The van der Waals surface area contributed by atoms with Crippen LogP contribution in [0.2, 0.25) is 0 Å². The summed E-state index contributed by atoms with van der Waals surface area (Å²) in [5, 5.41) is 5.32.